The molecule has 1 atom stereocenters. The van der Waals surface area contributed by atoms with Crippen LogP contribution in [-0.2, 0) is 13.5 Å². The molecule has 0 amide bonds. The summed E-state index contributed by atoms with van der Waals surface area (Å²) in [7, 11) is 1.69. The Morgan fingerprint density at radius 2 is 2.29 bits per heavy atom. The van der Waals surface area contributed by atoms with Gasteiger partial charge in [0.2, 0.25) is 0 Å². The fraction of sp³-hybridized carbons (Fsp3) is 0.300. The summed E-state index contributed by atoms with van der Waals surface area (Å²) in [5.41, 5.74) is 0.753. The van der Waals surface area contributed by atoms with Gasteiger partial charge in [0.05, 0.1) is 18.2 Å². The van der Waals surface area contributed by atoms with Crippen molar-refractivity contribution in [1.82, 2.24) is 20.2 Å². The topological polar surface area (TPSA) is 63.8 Å². The highest BCUT2D eigenvalue weighted by molar-refractivity contribution is 14.1. The second-order valence-electron chi connectivity index (χ2n) is 3.59. The summed E-state index contributed by atoms with van der Waals surface area (Å²) in [5, 5.41) is 22.2. The molecule has 0 bridgehead atoms. The van der Waals surface area contributed by atoms with Crippen LogP contribution < -0.4 is 0 Å². The van der Waals surface area contributed by atoms with Crippen molar-refractivity contribution in [2.75, 3.05) is 0 Å². The normalized spacial score (nSPS) is 12.7. The third kappa shape index (κ3) is 3.14. The lowest BCUT2D eigenvalue weighted by Crippen LogP contribution is -2.04. The highest BCUT2D eigenvalue weighted by Crippen LogP contribution is 2.24. The number of rotatable bonds is 3. The standard InChI is InChI=1S/C10H10ClIN4O/c1-16-14-10(13-15-16)5-9(17)6-2-3-8(12)7(11)4-6/h2-4,9,17H,5H2,1H3. The van der Waals surface area contributed by atoms with Gasteiger partial charge in [-0.05, 0) is 45.5 Å². The van der Waals surface area contributed by atoms with Crippen LogP contribution in [-0.4, -0.2) is 25.3 Å². The summed E-state index contributed by atoms with van der Waals surface area (Å²) in [6.45, 7) is 0. The third-order valence-corrected chi connectivity index (χ3v) is 3.83. The molecular weight excluding hydrogens is 354 g/mol. The first-order valence-electron chi connectivity index (χ1n) is 4.92. The smallest absolute Gasteiger partial charge is 0.177 e. The van der Waals surface area contributed by atoms with Crippen LogP contribution in [0.25, 0.3) is 0 Å². The molecular formula is C10H10ClIN4O. The molecule has 1 aromatic carbocycles. The van der Waals surface area contributed by atoms with E-state index in [1.807, 2.05) is 12.1 Å². The molecule has 0 fully saturated rings. The van der Waals surface area contributed by atoms with Gasteiger partial charge in [0.1, 0.15) is 0 Å². The highest BCUT2D eigenvalue weighted by Gasteiger charge is 2.13. The maximum Gasteiger partial charge on any atom is 0.177 e. The van der Waals surface area contributed by atoms with Gasteiger partial charge >= 0.3 is 0 Å². The average Bonchev–Trinajstić information content (AvgIpc) is 2.68. The van der Waals surface area contributed by atoms with Crippen LogP contribution >= 0.6 is 34.2 Å². The minimum Gasteiger partial charge on any atom is -0.388 e. The molecule has 0 aliphatic rings. The van der Waals surface area contributed by atoms with Gasteiger partial charge in [-0.1, -0.05) is 17.7 Å². The van der Waals surface area contributed by atoms with Gasteiger partial charge in [-0.25, -0.2) is 0 Å². The van der Waals surface area contributed by atoms with E-state index in [0.29, 0.717) is 17.3 Å². The third-order valence-electron chi connectivity index (χ3n) is 2.25. The Balaban J connectivity index is 2.14. The molecule has 0 spiro atoms. The lowest BCUT2D eigenvalue weighted by atomic mass is 10.1. The lowest BCUT2D eigenvalue weighted by molar-refractivity contribution is 0.175. The zero-order valence-electron chi connectivity index (χ0n) is 9.01. The van der Waals surface area contributed by atoms with Crippen LogP contribution in [0.5, 0.6) is 0 Å². The minimum atomic E-state index is -0.673. The molecule has 17 heavy (non-hydrogen) atoms. The molecule has 5 nitrogen and oxygen atoms in total. The van der Waals surface area contributed by atoms with E-state index in [-0.39, 0.29) is 0 Å². The number of hydrogen-bond acceptors (Lipinski definition) is 4. The SMILES string of the molecule is Cn1nnc(CC(O)c2ccc(I)c(Cl)c2)n1. The Kier molecular flexibility index (Phi) is 3.95. The molecule has 0 saturated heterocycles. The van der Waals surface area contributed by atoms with Crippen molar-refractivity contribution in [3.05, 3.63) is 38.2 Å². The van der Waals surface area contributed by atoms with Crippen LogP contribution in [0.4, 0.5) is 0 Å². The first-order valence-corrected chi connectivity index (χ1v) is 6.38. The Hall–Kier alpha value is -0.730. The van der Waals surface area contributed by atoms with Crippen molar-refractivity contribution in [2.24, 2.45) is 7.05 Å². The van der Waals surface area contributed by atoms with Crippen LogP contribution in [0.3, 0.4) is 0 Å². The lowest BCUT2D eigenvalue weighted by Gasteiger charge is -2.09. The van der Waals surface area contributed by atoms with Gasteiger partial charge in [-0.2, -0.15) is 4.80 Å². The second kappa shape index (κ2) is 5.28. The van der Waals surface area contributed by atoms with E-state index in [0.717, 1.165) is 9.13 Å². The van der Waals surface area contributed by atoms with E-state index < -0.39 is 6.10 Å². The zero-order valence-corrected chi connectivity index (χ0v) is 11.9. The van der Waals surface area contributed by atoms with Gasteiger partial charge in [-0.3, -0.25) is 0 Å². The summed E-state index contributed by atoms with van der Waals surface area (Å²) in [4.78, 5) is 1.36. The van der Waals surface area contributed by atoms with Crippen molar-refractivity contribution >= 4 is 34.2 Å². The molecule has 2 rings (SSSR count). The first-order chi connectivity index (χ1) is 8.06. The molecule has 0 saturated carbocycles. The molecule has 1 aromatic heterocycles. The Labute approximate surface area is 117 Å². The number of halogens is 2. The minimum absolute atomic E-state index is 0.324. The van der Waals surface area contributed by atoms with E-state index in [1.165, 1.54) is 4.80 Å². The monoisotopic (exact) mass is 364 g/mol. The van der Waals surface area contributed by atoms with Crippen LogP contribution in [0.15, 0.2) is 18.2 Å². The van der Waals surface area contributed by atoms with Gasteiger partial charge in [0.25, 0.3) is 0 Å². The van der Waals surface area contributed by atoms with E-state index in [2.05, 4.69) is 38.0 Å². The molecule has 7 heteroatoms. The number of hydrogen-bond donors (Lipinski definition) is 1. The molecule has 1 N–H and O–H groups in total. The van der Waals surface area contributed by atoms with Crippen molar-refractivity contribution in [2.45, 2.75) is 12.5 Å². The Morgan fingerprint density at radius 3 is 2.88 bits per heavy atom. The number of aliphatic hydroxyl groups is 1. The van der Waals surface area contributed by atoms with Gasteiger partial charge in [0, 0.05) is 9.99 Å². The maximum atomic E-state index is 10.0. The second-order valence-corrected chi connectivity index (χ2v) is 5.16. The summed E-state index contributed by atoms with van der Waals surface area (Å²) in [6.07, 6.45) is -0.348. The fourth-order valence-electron chi connectivity index (χ4n) is 1.42. The van der Waals surface area contributed by atoms with E-state index >= 15 is 0 Å². The maximum absolute atomic E-state index is 10.0. The molecule has 1 unspecified atom stereocenters. The molecule has 0 radical (unpaired) electrons. The van der Waals surface area contributed by atoms with Crippen molar-refractivity contribution < 1.29 is 5.11 Å². The van der Waals surface area contributed by atoms with E-state index in [1.54, 1.807) is 13.1 Å². The number of nitrogens with zero attached hydrogens (tertiary/aromatic N) is 4. The molecule has 0 aliphatic heterocycles. The van der Waals surface area contributed by atoms with E-state index in [4.69, 9.17) is 11.6 Å². The number of aryl methyl sites for hydroxylation is 1. The predicted molar refractivity (Wildman–Crippen MR) is 71.6 cm³/mol. The molecule has 0 aliphatic carbocycles. The summed E-state index contributed by atoms with van der Waals surface area (Å²) < 4.78 is 0.956. The largest absolute Gasteiger partial charge is 0.388 e. The molecule has 2 aromatic rings. The zero-order chi connectivity index (χ0) is 12.4. The van der Waals surface area contributed by atoms with Crippen LogP contribution in [0.2, 0.25) is 5.02 Å². The first kappa shape index (κ1) is 12.7. The summed E-state index contributed by atoms with van der Waals surface area (Å²) in [6, 6.07) is 5.46. The van der Waals surface area contributed by atoms with Gasteiger partial charge < -0.3 is 5.11 Å². The van der Waals surface area contributed by atoms with Crippen molar-refractivity contribution in [3.63, 3.8) is 0 Å². The predicted octanol–water partition coefficient (Wildman–Crippen LogP) is 1.74. The van der Waals surface area contributed by atoms with Crippen LogP contribution in [0.1, 0.15) is 17.5 Å². The number of benzene rings is 1. The molecule has 1 heterocycles. The number of aliphatic hydroxyl groups excluding tert-OH is 1. The summed E-state index contributed by atoms with van der Waals surface area (Å²) >= 11 is 8.14. The van der Waals surface area contributed by atoms with Gasteiger partial charge in [-0.15, -0.1) is 10.2 Å². The van der Waals surface area contributed by atoms with E-state index in [9.17, 15) is 5.11 Å². The number of aromatic nitrogens is 4. The van der Waals surface area contributed by atoms with Crippen LogP contribution in [0, 0.1) is 3.57 Å². The Bertz CT molecular complexity index is 531. The highest BCUT2D eigenvalue weighted by atomic mass is 127. The number of tetrazole rings is 1. The summed E-state index contributed by atoms with van der Waals surface area (Å²) in [5.74, 6) is 0.509. The van der Waals surface area contributed by atoms with Crippen molar-refractivity contribution in [1.29, 1.82) is 0 Å². The Morgan fingerprint density at radius 1 is 1.53 bits per heavy atom. The quantitative estimate of drug-likeness (QED) is 0.843. The van der Waals surface area contributed by atoms with Crippen molar-refractivity contribution in [3.8, 4) is 0 Å². The molecule has 90 valence electrons. The fourth-order valence-corrected chi connectivity index (χ4v) is 1.94. The van der Waals surface area contributed by atoms with Gasteiger partial charge in [0.15, 0.2) is 5.82 Å². The average molecular weight is 365 g/mol.